The monoisotopic (exact) mass is 389 g/mol. The molecule has 0 bridgehead atoms. The van der Waals surface area contributed by atoms with E-state index in [4.69, 9.17) is 14.2 Å². The van der Waals surface area contributed by atoms with Gasteiger partial charge >= 0.3 is 6.01 Å². The Hall–Kier alpha value is -3.59. The van der Waals surface area contributed by atoms with Gasteiger partial charge in [-0.25, -0.2) is 0 Å². The third-order valence-electron chi connectivity index (χ3n) is 5.00. The second kappa shape index (κ2) is 9.07. The summed E-state index contributed by atoms with van der Waals surface area (Å²) in [4.78, 5) is 8.47. The fraction of sp³-hybridized carbons (Fsp3) is 0.261. The van der Waals surface area contributed by atoms with Gasteiger partial charge in [-0.2, -0.15) is 15.2 Å². The van der Waals surface area contributed by atoms with Crippen LogP contribution in [-0.4, -0.2) is 30.3 Å². The first-order chi connectivity index (χ1) is 14.2. The lowest BCUT2D eigenvalue weighted by molar-refractivity contribution is 0.156. The quantitative estimate of drug-likeness (QED) is 0.576. The fourth-order valence-electron chi connectivity index (χ4n) is 3.52. The number of methoxy groups -OCH3 is 2. The molecule has 0 saturated heterocycles. The van der Waals surface area contributed by atoms with E-state index in [0.29, 0.717) is 18.2 Å². The number of nitrogens with zero attached hydrogens (tertiary/aromatic N) is 3. The van der Waals surface area contributed by atoms with Gasteiger partial charge in [-0.1, -0.05) is 67.6 Å². The van der Waals surface area contributed by atoms with E-state index >= 15 is 0 Å². The molecule has 29 heavy (non-hydrogen) atoms. The highest BCUT2D eigenvalue weighted by Crippen LogP contribution is 2.40. The summed E-state index contributed by atoms with van der Waals surface area (Å²) in [7, 11) is 3.00. The summed E-state index contributed by atoms with van der Waals surface area (Å²) < 4.78 is 16.5. The van der Waals surface area contributed by atoms with Gasteiger partial charge in [0.1, 0.15) is 6.07 Å². The summed E-state index contributed by atoms with van der Waals surface area (Å²) >= 11 is 0. The van der Waals surface area contributed by atoms with Crippen LogP contribution in [-0.2, 0) is 5.41 Å². The predicted octanol–water partition coefficient (Wildman–Crippen LogP) is 4.16. The molecule has 6 nitrogen and oxygen atoms in total. The molecule has 1 aromatic heterocycles. The number of hydrogen-bond acceptors (Lipinski definition) is 6. The Balaban J connectivity index is 2.13. The molecule has 1 heterocycles. The second-order valence-corrected chi connectivity index (χ2v) is 6.42. The van der Waals surface area contributed by atoms with E-state index in [-0.39, 0.29) is 6.01 Å². The second-order valence-electron chi connectivity index (χ2n) is 6.42. The number of nitriles is 1. The van der Waals surface area contributed by atoms with E-state index in [1.54, 1.807) is 6.07 Å². The Morgan fingerprint density at radius 3 is 1.76 bits per heavy atom. The summed E-state index contributed by atoms with van der Waals surface area (Å²) in [6.45, 7) is 2.04. The van der Waals surface area contributed by atoms with Crippen molar-refractivity contribution in [1.82, 2.24) is 9.97 Å². The Labute approximate surface area is 170 Å². The van der Waals surface area contributed by atoms with E-state index in [2.05, 4.69) is 16.0 Å². The molecule has 0 aliphatic carbocycles. The Bertz CT molecular complexity index is 910. The molecule has 2 aromatic carbocycles. The van der Waals surface area contributed by atoms with Crippen molar-refractivity contribution in [3.8, 4) is 23.8 Å². The van der Waals surface area contributed by atoms with Gasteiger partial charge in [0, 0.05) is 0 Å². The van der Waals surface area contributed by atoms with Gasteiger partial charge < -0.3 is 14.2 Å². The third kappa shape index (κ3) is 3.99. The number of aromatic nitrogens is 2. The topological polar surface area (TPSA) is 77.3 Å². The number of hydrogen-bond donors (Lipinski definition) is 0. The lowest BCUT2D eigenvalue weighted by atomic mass is 9.68. The van der Waals surface area contributed by atoms with E-state index in [1.807, 2.05) is 67.6 Å². The largest absolute Gasteiger partial charge is 0.481 e. The standard InChI is InChI=1S/C23H23N3O3/c1-4-23(17-11-7-5-8-12-17,18-13-9-6-10-14-18)19(16-24)29-22-25-20(27-2)15-21(26-22)28-3/h5-15,19H,4H2,1-3H3. The molecule has 0 aliphatic heterocycles. The minimum atomic E-state index is -0.880. The maximum absolute atomic E-state index is 10.1. The van der Waals surface area contributed by atoms with Crippen molar-refractivity contribution >= 4 is 0 Å². The minimum Gasteiger partial charge on any atom is -0.481 e. The van der Waals surface area contributed by atoms with E-state index in [1.165, 1.54) is 14.2 Å². The molecule has 0 fully saturated rings. The maximum atomic E-state index is 10.1. The molecule has 0 radical (unpaired) electrons. The first-order valence-corrected chi connectivity index (χ1v) is 9.32. The number of rotatable bonds is 8. The third-order valence-corrected chi connectivity index (χ3v) is 5.00. The van der Waals surface area contributed by atoms with Crippen LogP contribution in [0.3, 0.4) is 0 Å². The van der Waals surface area contributed by atoms with Gasteiger partial charge in [0.25, 0.3) is 0 Å². The fourth-order valence-corrected chi connectivity index (χ4v) is 3.52. The SMILES string of the molecule is CCC(c1ccccc1)(c1ccccc1)C(C#N)Oc1nc(OC)cc(OC)n1. The summed E-state index contributed by atoms with van der Waals surface area (Å²) in [5, 5.41) is 10.1. The lowest BCUT2D eigenvalue weighted by Gasteiger charge is -2.37. The Morgan fingerprint density at radius 2 is 1.38 bits per heavy atom. The molecule has 1 atom stereocenters. The predicted molar refractivity (Wildman–Crippen MR) is 109 cm³/mol. The van der Waals surface area contributed by atoms with Gasteiger partial charge in [-0.15, -0.1) is 0 Å². The van der Waals surface area contributed by atoms with Crippen LogP contribution in [0, 0.1) is 11.3 Å². The number of benzene rings is 2. The zero-order valence-corrected chi connectivity index (χ0v) is 16.7. The molecule has 0 amide bonds. The Kier molecular flexibility index (Phi) is 6.30. The summed E-state index contributed by atoms with van der Waals surface area (Å²) in [6, 6.07) is 23.7. The normalized spacial score (nSPS) is 11.9. The molecule has 0 saturated carbocycles. The highest BCUT2D eigenvalue weighted by atomic mass is 16.5. The highest BCUT2D eigenvalue weighted by molar-refractivity contribution is 5.43. The maximum Gasteiger partial charge on any atom is 0.324 e. The zero-order valence-electron chi connectivity index (χ0n) is 16.7. The smallest absolute Gasteiger partial charge is 0.324 e. The van der Waals surface area contributed by atoms with E-state index in [9.17, 15) is 5.26 Å². The van der Waals surface area contributed by atoms with Crippen molar-refractivity contribution in [3.63, 3.8) is 0 Å². The first kappa shape index (κ1) is 20.2. The molecule has 0 spiro atoms. The van der Waals surface area contributed by atoms with Crippen LogP contribution in [0.5, 0.6) is 17.8 Å². The number of ether oxygens (including phenoxy) is 3. The summed E-state index contributed by atoms with van der Waals surface area (Å²) in [6.07, 6.45) is -0.241. The van der Waals surface area contributed by atoms with Crippen LogP contribution in [0.2, 0.25) is 0 Å². The van der Waals surface area contributed by atoms with Gasteiger partial charge in [-0.3, -0.25) is 0 Å². The molecular weight excluding hydrogens is 366 g/mol. The van der Waals surface area contributed by atoms with Crippen molar-refractivity contribution in [2.45, 2.75) is 24.9 Å². The summed E-state index contributed by atoms with van der Waals surface area (Å²) in [5.74, 6) is 0.593. The molecule has 3 aromatic rings. The molecular formula is C23H23N3O3. The van der Waals surface area contributed by atoms with Crippen LogP contribution in [0.1, 0.15) is 24.5 Å². The summed E-state index contributed by atoms with van der Waals surface area (Å²) in [5.41, 5.74) is 1.25. The van der Waals surface area contributed by atoms with Crippen molar-refractivity contribution in [1.29, 1.82) is 5.26 Å². The van der Waals surface area contributed by atoms with Crippen molar-refractivity contribution in [2.24, 2.45) is 0 Å². The Morgan fingerprint density at radius 1 is 0.897 bits per heavy atom. The average molecular weight is 389 g/mol. The average Bonchev–Trinajstić information content (AvgIpc) is 2.80. The minimum absolute atomic E-state index is 0.0254. The van der Waals surface area contributed by atoms with Crippen molar-refractivity contribution in [2.75, 3.05) is 14.2 Å². The highest BCUT2D eigenvalue weighted by Gasteiger charge is 2.43. The van der Waals surface area contributed by atoms with E-state index in [0.717, 1.165) is 11.1 Å². The van der Waals surface area contributed by atoms with Crippen LogP contribution in [0.15, 0.2) is 66.7 Å². The van der Waals surface area contributed by atoms with Crippen molar-refractivity contribution < 1.29 is 14.2 Å². The molecule has 6 heteroatoms. The first-order valence-electron chi connectivity index (χ1n) is 9.32. The van der Waals surface area contributed by atoms with Crippen LogP contribution in [0.25, 0.3) is 0 Å². The van der Waals surface area contributed by atoms with Crippen LogP contribution >= 0.6 is 0 Å². The molecule has 0 N–H and O–H groups in total. The molecule has 148 valence electrons. The van der Waals surface area contributed by atoms with Crippen LogP contribution in [0.4, 0.5) is 0 Å². The van der Waals surface area contributed by atoms with Crippen molar-refractivity contribution in [3.05, 3.63) is 77.9 Å². The van der Waals surface area contributed by atoms with Gasteiger partial charge in [0.15, 0.2) is 0 Å². The van der Waals surface area contributed by atoms with Gasteiger partial charge in [0.2, 0.25) is 17.9 Å². The van der Waals surface area contributed by atoms with E-state index < -0.39 is 11.5 Å². The van der Waals surface area contributed by atoms with Crippen LogP contribution < -0.4 is 14.2 Å². The molecule has 0 aliphatic rings. The molecule has 1 unspecified atom stereocenters. The molecule has 3 rings (SSSR count). The zero-order chi connectivity index (χ0) is 20.7. The van der Waals surface area contributed by atoms with Gasteiger partial charge in [0.05, 0.1) is 25.7 Å². The van der Waals surface area contributed by atoms with Gasteiger partial charge in [-0.05, 0) is 17.5 Å². The lowest BCUT2D eigenvalue weighted by Crippen LogP contribution is -2.43.